The molecule has 1 saturated heterocycles. The van der Waals surface area contributed by atoms with Gasteiger partial charge in [-0.25, -0.2) is 0 Å². The van der Waals surface area contributed by atoms with Crippen LogP contribution in [0.25, 0.3) is 0 Å². The molecule has 3 nitrogen and oxygen atoms in total. The van der Waals surface area contributed by atoms with Gasteiger partial charge in [-0.15, -0.1) is 0 Å². The summed E-state index contributed by atoms with van der Waals surface area (Å²) in [5.41, 5.74) is 2.23. The summed E-state index contributed by atoms with van der Waals surface area (Å²) in [5, 5.41) is 3.59. The monoisotopic (exact) mass is 218 g/mol. The van der Waals surface area contributed by atoms with Gasteiger partial charge in [-0.05, 0) is 31.9 Å². The summed E-state index contributed by atoms with van der Waals surface area (Å²) in [7, 11) is 0. The van der Waals surface area contributed by atoms with Crippen LogP contribution in [0.15, 0.2) is 18.2 Å². The van der Waals surface area contributed by atoms with Crippen LogP contribution in [0.4, 0.5) is 0 Å². The summed E-state index contributed by atoms with van der Waals surface area (Å²) in [6.07, 6.45) is 2.95. The highest BCUT2D eigenvalue weighted by Crippen LogP contribution is 2.38. The summed E-state index contributed by atoms with van der Waals surface area (Å²) in [5.74, 6) is 0.754. The molecule has 16 heavy (non-hydrogen) atoms. The highest BCUT2D eigenvalue weighted by atomic mass is 16.5. The van der Waals surface area contributed by atoms with E-state index < -0.39 is 0 Å². The molecule has 1 aliphatic carbocycles. The smallest absolute Gasteiger partial charge is 0.0633 e. The Morgan fingerprint density at radius 2 is 2.44 bits per heavy atom. The Bertz CT molecular complexity index is 380. The third-order valence-corrected chi connectivity index (χ3v) is 3.76. The van der Waals surface area contributed by atoms with E-state index in [4.69, 9.17) is 4.74 Å². The zero-order chi connectivity index (χ0) is 11.0. The maximum atomic E-state index is 5.60. The Labute approximate surface area is 96.2 Å². The van der Waals surface area contributed by atoms with E-state index in [1.807, 2.05) is 13.0 Å². The minimum absolute atomic E-state index is 0.544. The topological polar surface area (TPSA) is 34.1 Å². The van der Waals surface area contributed by atoms with Crippen molar-refractivity contribution < 1.29 is 4.74 Å². The summed E-state index contributed by atoms with van der Waals surface area (Å²) in [6, 6.07) is 6.84. The summed E-state index contributed by atoms with van der Waals surface area (Å²) in [6.45, 7) is 3.87. The standard InChI is InChI=1S/C13H18N2O/c1-9-3-2-4-10(15-9)8-14-12-7-13-11(12)5-6-16-13/h2-4,11-14H,5-8H2,1H3/t11-,12+,13+/m0/s1. The Balaban J connectivity index is 1.53. The Morgan fingerprint density at radius 3 is 3.25 bits per heavy atom. The number of rotatable bonds is 3. The van der Waals surface area contributed by atoms with Gasteiger partial charge < -0.3 is 10.1 Å². The fraction of sp³-hybridized carbons (Fsp3) is 0.615. The van der Waals surface area contributed by atoms with Crippen molar-refractivity contribution >= 4 is 0 Å². The maximum absolute atomic E-state index is 5.60. The predicted octanol–water partition coefficient (Wildman–Crippen LogP) is 1.66. The molecule has 2 fully saturated rings. The lowest BCUT2D eigenvalue weighted by atomic mass is 9.76. The van der Waals surface area contributed by atoms with Crippen molar-refractivity contribution in [3.05, 3.63) is 29.6 Å². The van der Waals surface area contributed by atoms with Crippen molar-refractivity contribution in [1.82, 2.24) is 10.3 Å². The number of nitrogens with one attached hydrogen (secondary N) is 1. The van der Waals surface area contributed by atoms with E-state index in [0.29, 0.717) is 12.1 Å². The SMILES string of the molecule is Cc1cccc(CN[C@@H]2C[C@H]3OCC[C@@H]23)n1. The van der Waals surface area contributed by atoms with Crippen molar-refractivity contribution in [3.8, 4) is 0 Å². The molecule has 0 radical (unpaired) electrons. The number of hydrogen-bond donors (Lipinski definition) is 1. The van der Waals surface area contributed by atoms with Gasteiger partial charge in [0, 0.05) is 30.8 Å². The van der Waals surface area contributed by atoms with Gasteiger partial charge in [0.2, 0.25) is 0 Å². The van der Waals surface area contributed by atoms with E-state index in [-0.39, 0.29) is 0 Å². The van der Waals surface area contributed by atoms with Crippen LogP contribution in [-0.2, 0) is 11.3 Å². The zero-order valence-electron chi connectivity index (χ0n) is 9.65. The van der Waals surface area contributed by atoms with Crippen LogP contribution in [0.1, 0.15) is 24.2 Å². The first kappa shape index (κ1) is 10.2. The van der Waals surface area contributed by atoms with Crippen molar-refractivity contribution in [2.75, 3.05) is 6.61 Å². The lowest BCUT2D eigenvalue weighted by Gasteiger charge is -2.39. The molecule has 3 heteroatoms. The summed E-state index contributed by atoms with van der Waals surface area (Å²) >= 11 is 0. The largest absolute Gasteiger partial charge is 0.378 e. The molecule has 2 heterocycles. The molecule has 1 aliphatic heterocycles. The maximum Gasteiger partial charge on any atom is 0.0633 e. The third kappa shape index (κ3) is 1.85. The highest BCUT2D eigenvalue weighted by molar-refractivity contribution is 5.10. The van der Waals surface area contributed by atoms with Crippen molar-refractivity contribution in [2.24, 2.45) is 5.92 Å². The van der Waals surface area contributed by atoms with E-state index in [1.54, 1.807) is 0 Å². The number of aryl methyl sites for hydroxylation is 1. The van der Waals surface area contributed by atoms with Crippen LogP contribution in [-0.4, -0.2) is 23.7 Å². The zero-order valence-corrected chi connectivity index (χ0v) is 9.65. The quantitative estimate of drug-likeness (QED) is 0.837. The first-order valence-corrected chi connectivity index (χ1v) is 6.10. The second kappa shape index (κ2) is 4.15. The number of fused-ring (bicyclic) bond motifs is 1. The van der Waals surface area contributed by atoms with Crippen LogP contribution >= 0.6 is 0 Å². The first-order valence-electron chi connectivity index (χ1n) is 6.10. The molecular formula is C13H18N2O. The van der Waals surface area contributed by atoms with Gasteiger partial charge >= 0.3 is 0 Å². The molecule has 0 bridgehead atoms. The molecule has 3 atom stereocenters. The highest BCUT2D eigenvalue weighted by Gasteiger charge is 2.44. The van der Waals surface area contributed by atoms with E-state index in [2.05, 4.69) is 22.4 Å². The molecule has 0 aromatic carbocycles. The first-order chi connectivity index (χ1) is 7.83. The predicted molar refractivity (Wildman–Crippen MR) is 62.1 cm³/mol. The van der Waals surface area contributed by atoms with Crippen molar-refractivity contribution in [1.29, 1.82) is 0 Å². The number of pyridine rings is 1. The second-order valence-electron chi connectivity index (χ2n) is 4.86. The van der Waals surface area contributed by atoms with Crippen LogP contribution in [0.5, 0.6) is 0 Å². The average molecular weight is 218 g/mol. The van der Waals surface area contributed by atoms with E-state index in [9.17, 15) is 0 Å². The molecule has 0 spiro atoms. The number of aromatic nitrogens is 1. The van der Waals surface area contributed by atoms with Gasteiger partial charge in [0.05, 0.1) is 11.8 Å². The van der Waals surface area contributed by atoms with E-state index >= 15 is 0 Å². The van der Waals surface area contributed by atoms with Crippen molar-refractivity contribution in [3.63, 3.8) is 0 Å². The fourth-order valence-corrected chi connectivity index (χ4v) is 2.77. The second-order valence-corrected chi connectivity index (χ2v) is 4.86. The minimum atomic E-state index is 0.544. The number of ether oxygens (including phenoxy) is 1. The van der Waals surface area contributed by atoms with E-state index in [0.717, 1.165) is 30.5 Å². The number of hydrogen-bond acceptors (Lipinski definition) is 3. The van der Waals surface area contributed by atoms with Gasteiger partial charge in [0.15, 0.2) is 0 Å². The molecule has 1 aromatic rings. The van der Waals surface area contributed by atoms with Gasteiger partial charge in [0.1, 0.15) is 0 Å². The molecular weight excluding hydrogens is 200 g/mol. The van der Waals surface area contributed by atoms with Crippen LogP contribution in [0, 0.1) is 12.8 Å². The molecule has 1 N–H and O–H groups in total. The summed E-state index contributed by atoms with van der Waals surface area (Å²) < 4.78 is 5.60. The van der Waals surface area contributed by atoms with Gasteiger partial charge in [-0.3, -0.25) is 4.98 Å². The van der Waals surface area contributed by atoms with Gasteiger partial charge in [-0.2, -0.15) is 0 Å². The Kier molecular flexibility index (Phi) is 2.65. The van der Waals surface area contributed by atoms with Crippen LogP contribution in [0.2, 0.25) is 0 Å². The Hall–Kier alpha value is -0.930. The van der Waals surface area contributed by atoms with Crippen LogP contribution in [0.3, 0.4) is 0 Å². The molecule has 3 rings (SSSR count). The average Bonchev–Trinajstić information content (AvgIpc) is 2.61. The van der Waals surface area contributed by atoms with Gasteiger partial charge in [-0.1, -0.05) is 6.07 Å². The molecule has 1 saturated carbocycles. The lowest BCUT2D eigenvalue weighted by Crippen LogP contribution is -2.51. The molecule has 0 unspecified atom stereocenters. The molecule has 86 valence electrons. The van der Waals surface area contributed by atoms with E-state index in [1.165, 1.54) is 12.8 Å². The third-order valence-electron chi connectivity index (χ3n) is 3.76. The molecule has 1 aromatic heterocycles. The Morgan fingerprint density at radius 1 is 1.50 bits per heavy atom. The fourth-order valence-electron chi connectivity index (χ4n) is 2.77. The lowest BCUT2D eigenvalue weighted by molar-refractivity contribution is 0.00671. The van der Waals surface area contributed by atoms with Crippen LogP contribution < -0.4 is 5.32 Å². The molecule has 0 amide bonds. The number of nitrogens with zero attached hydrogens (tertiary/aromatic N) is 1. The minimum Gasteiger partial charge on any atom is -0.378 e. The summed E-state index contributed by atoms with van der Waals surface area (Å²) in [4.78, 5) is 4.50. The normalized spacial score (nSPS) is 32.2. The van der Waals surface area contributed by atoms with Gasteiger partial charge in [0.25, 0.3) is 0 Å². The van der Waals surface area contributed by atoms with Crippen molar-refractivity contribution in [2.45, 2.75) is 38.5 Å². The molecule has 2 aliphatic rings.